The fourth-order valence-corrected chi connectivity index (χ4v) is 1.66. The molecule has 1 aromatic rings. The average Bonchev–Trinajstić information content (AvgIpc) is 2.39. The molecular formula is C11H12N2O4. The summed E-state index contributed by atoms with van der Waals surface area (Å²) in [7, 11) is 0. The van der Waals surface area contributed by atoms with Gasteiger partial charge in [0, 0.05) is 12.7 Å². The molecule has 0 radical (unpaired) electrons. The predicted molar refractivity (Wildman–Crippen MR) is 57.9 cm³/mol. The van der Waals surface area contributed by atoms with E-state index in [0.29, 0.717) is 12.2 Å². The van der Waals surface area contributed by atoms with Gasteiger partial charge < -0.3 is 14.7 Å². The maximum atomic E-state index is 12.0. The Balaban J connectivity index is 2.07. The summed E-state index contributed by atoms with van der Waals surface area (Å²) in [5.74, 6) is -0.281. The molecule has 6 heteroatoms. The van der Waals surface area contributed by atoms with E-state index in [0.717, 1.165) is 0 Å². The van der Waals surface area contributed by atoms with Gasteiger partial charge >= 0.3 is 6.09 Å². The molecule has 1 aliphatic heterocycles. The molecule has 0 aliphatic carbocycles. The van der Waals surface area contributed by atoms with Gasteiger partial charge in [0.1, 0.15) is 11.8 Å². The van der Waals surface area contributed by atoms with E-state index in [9.17, 15) is 9.59 Å². The van der Waals surface area contributed by atoms with Crippen LogP contribution in [0.4, 0.5) is 4.79 Å². The molecule has 0 aromatic carbocycles. The van der Waals surface area contributed by atoms with E-state index in [2.05, 4.69) is 4.98 Å². The lowest BCUT2D eigenvalue weighted by molar-refractivity contribution is -0.0113. The van der Waals surface area contributed by atoms with Crippen LogP contribution in [0.5, 0.6) is 0 Å². The van der Waals surface area contributed by atoms with Crippen LogP contribution in [0.2, 0.25) is 0 Å². The summed E-state index contributed by atoms with van der Waals surface area (Å²) < 4.78 is 5.28. The quantitative estimate of drug-likeness (QED) is 0.762. The number of hydrogen-bond acceptors (Lipinski definition) is 4. The lowest BCUT2D eigenvalue weighted by Crippen LogP contribution is -2.48. The van der Waals surface area contributed by atoms with Gasteiger partial charge in [-0.15, -0.1) is 0 Å². The minimum absolute atomic E-state index is 0.0603. The Morgan fingerprint density at radius 3 is 2.94 bits per heavy atom. The number of pyridine rings is 1. The number of carboxylic acid groups (broad SMARTS) is 1. The third-order valence-electron chi connectivity index (χ3n) is 2.55. The summed E-state index contributed by atoms with van der Waals surface area (Å²) in [4.78, 5) is 27.9. The van der Waals surface area contributed by atoms with E-state index < -0.39 is 12.2 Å². The van der Waals surface area contributed by atoms with Crippen LogP contribution in [0.1, 0.15) is 10.5 Å². The summed E-state index contributed by atoms with van der Waals surface area (Å²) in [5, 5.41) is 8.85. The van der Waals surface area contributed by atoms with Crippen molar-refractivity contribution in [1.82, 2.24) is 9.88 Å². The lowest BCUT2D eigenvalue weighted by Gasteiger charge is -2.29. The minimum Gasteiger partial charge on any atom is -0.465 e. The third-order valence-corrected chi connectivity index (χ3v) is 2.55. The number of amides is 1. The van der Waals surface area contributed by atoms with Crippen LogP contribution in [0.3, 0.4) is 0 Å². The molecular weight excluding hydrogens is 224 g/mol. The van der Waals surface area contributed by atoms with Crippen molar-refractivity contribution in [2.24, 2.45) is 0 Å². The largest absolute Gasteiger partial charge is 0.465 e. The molecule has 6 nitrogen and oxygen atoms in total. The Bertz CT molecular complexity index is 421. The van der Waals surface area contributed by atoms with E-state index >= 15 is 0 Å². The Labute approximate surface area is 97.8 Å². The van der Waals surface area contributed by atoms with E-state index in [1.54, 1.807) is 18.2 Å². The monoisotopic (exact) mass is 236 g/mol. The zero-order valence-electron chi connectivity index (χ0n) is 9.07. The van der Waals surface area contributed by atoms with Crippen molar-refractivity contribution in [3.05, 3.63) is 30.1 Å². The van der Waals surface area contributed by atoms with Crippen molar-refractivity contribution in [3.63, 3.8) is 0 Å². The van der Waals surface area contributed by atoms with Gasteiger partial charge in [0.05, 0.1) is 13.2 Å². The number of carbonyl (C=O) groups excluding carboxylic acids is 1. The lowest BCUT2D eigenvalue weighted by atomic mass is 10.1. The minimum atomic E-state index is -1.04. The standard InChI is InChI=1S/C11H12N2O4/c14-10(8-3-1-2-4-12-8)9-7-13(11(15)16)5-6-17-9/h1-4,9H,5-7H2,(H,15,16). The molecule has 1 unspecified atom stereocenters. The molecule has 90 valence electrons. The topological polar surface area (TPSA) is 79.7 Å². The second-order valence-electron chi connectivity index (χ2n) is 3.67. The molecule has 0 spiro atoms. The van der Waals surface area contributed by atoms with Crippen molar-refractivity contribution in [1.29, 1.82) is 0 Å². The molecule has 2 heterocycles. The van der Waals surface area contributed by atoms with Crippen LogP contribution >= 0.6 is 0 Å². The Hall–Kier alpha value is -1.95. The molecule has 1 aromatic heterocycles. The first-order valence-electron chi connectivity index (χ1n) is 5.23. The summed E-state index contributed by atoms with van der Waals surface area (Å²) >= 11 is 0. The van der Waals surface area contributed by atoms with Crippen LogP contribution in [0.25, 0.3) is 0 Å². The highest BCUT2D eigenvalue weighted by Crippen LogP contribution is 2.10. The summed E-state index contributed by atoms with van der Waals surface area (Å²) in [6.45, 7) is 0.585. The zero-order chi connectivity index (χ0) is 12.3. The average molecular weight is 236 g/mol. The van der Waals surface area contributed by atoms with Crippen molar-refractivity contribution in [2.45, 2.75) is 6.10 Å². The highest BCUT2D eigenvalue weighted by molar-refractivity contribution is 5.98. The number of nitrogens with zero attached hydrogens (tertiary/aromatic N) is 2. The van der Waals surface area contributed by atoms with Gasteiger partial charge in [-0.2, -0.15) is 0 Å². The number of aromatic nitrogens is 1. The molecule has 1 fully saturated rings. The van der Waals surface area contributed by atoms with E-state index in [4.69, 9.17) is 9.84 Å². The molecule has 1 atom stereocenters. The van der Waals surface area contributed by atoms with E-state index in [1.165, 1.54) is 11.1 Å². The van der Waals surface area contributed by atoms with Crippen molar-refractivity contribution in [3.8, 4) is 0 Å². The first-order valence-corrected chi connectivity index (χ1v) is 5.23. The maximum Gasteiger partial charge on any atom is 0.407 e. The van der Waals surface area contributed by atoms with Crippen LogP contribution in [-0.2, 0) is 4.74 Å². The Morgan fingerprint density at radius 2 is 2.29 bits per heavy atom. The second-order valence-corrected chi connectivity index (χ2v) is 3.67. The SMILES string of the molecule is O=C(c1ccccn1)C1CN(C(=O)O)CCO1. The first-order chi connectivity index (χ1) is 8.18. The number of morpholine rings is 1. The summed E-state index contributed by atoms with van der Waals surface area (Å²) in [6, 6.07) is 5.01. The van der Waals surface area contributed by atoms with Gasteiger partial charge in [-0.05, 0) is 12.1 Å². The second kappa shape index (κ2) is 4.92. The van der Waals surface area contributed by atoms with Gasteiger partial charge in [-0.1, -0.05) is 6.07 Å². The molecule has 1 aliphatic rings. The molecule has 0 bridgehead atoms. The number of carbonyl (C=O) groups is 2. The first kappa shape index (κ1) is 11.5. The summed E-state index contributed by atoms with van der Waals surface area (Å²) in [6.07, 6.45) is -0.271. The van der Waals surface area contributed by atoms with Gasteiger partial charge in [0.2, 0.25) is 5.78 Å². The highest BCUT2D eigenvalue weighted by atomic mass is 16.5. The molecule has 0 saturated carbocycles. The van der Waals surface area contributed by atoms with Crippen LogP contribution in [-0.4, -0.2) is 52.7 Å². The number of rotatable bonds is 2. The van der Waals surface area contributed by atoms with Crippen molar-refractivity contribution >= 4 is 11.9 Å². The molecule has 1 N–H and O–H groups in total. The third kappa shape index (κ3) is 2.59. The van der Waals surface area contributed by atoms with Crippen molar-refractivity contribution < 1.29 is 19.4 Å². The number of ketones is 1. The molecule has 1 amide bonds. The van der Waals surface area contributed by atoms with Crippen molar-refractivity contribution in [2.75, 3.05) is 19.7 Å². The van der Waals surface area contributed by atoms with Gasteiger partial charge in [-0.3, -0.25) is 9.78 Å². The Morgan fingerprint density at radius 1 is 1.47 bits per heavy atom. The summed E-state index contributed by atoms with van der Waals surface area (Å²) in [5.41, 5.74) is 0.296. The van der Waals surface area contributed by atoms with E-state index in [1.807, 2.05) is 0 Å². The highest BCUT2D eigenvalue weighted by Gasteiger charge is 2.30. The Kier molecular flexibility index (Phi) is 3.34. The number of Topliss-reactive ketones (excluding diaryl/α,β-unsaturated/α-hetero) is 1. The fraction of sp³-hybridized carbons (Fsp3) is 0.364. The van der Waals surface area contributed by atoms with Crippen LogP contribution < -0.4 is 0 Å². The zero-order valence-corrected chi connectivity index (χ0v) is 9.07. The van der Waals surface area contributed by atoms with Gasteiger partial charge in [0.25, 0.3) is 0 Å². The van der Waals surface area contributed by atoms with E-state index in [-0.39, 0.29) is 18.9 Å². The smallest absolute Gasteiger partial charge is 0.407 e. The molecule has 2 rings (SSSR count). The molecule has 17 heavy (non-hydrogen) atoms. The van der Waals surface area contributed by atoms with Crippen LogP contribution in [0, 0.1) is 0 Å². The number of ether oxygens (including phenoxy) is 1. The predicted octanol–water partition coefficient (Wildman–Crippen LogP) is 0.643. The van der Waals surface area contributed by atoms with Gasteiger partial charge in [0.15, 0.2) is 0 Å². The van der Waals surface area contributed by atoms with Gasteiger partial charge in [-0.25, -0.2) is 4.79 Å². The number of hydrogen-bond donors (Lipinski definition) is 1. The molecule has 1 saturated heterocycles. The fourth-order valence-electron chi connectivity index (χ4n) is 1.66. The van der Waals surface area contributed by atoms with Crippen LogP contribution in [0.15, 0.2) is 24.4 Å². The maximum absolute atomic E-state index is 12.0. The normalized spacial score (nSPS) is 20.0.